The highest BCUT2D eigenvalue weighted by Crippen LogP contribution is 2.38. The van der Waals surface area contributed by atoms with Crippen LogP contribution < -0.4 is 0 Å². The molecule has 2 heterocycles. The summed E-state index contributed by atoms with van der Waals surface area (Å²) in [5.74, 6) is -0.434. The van der Waals surface area contributed by atoms with E-state index in [4.69, 9.17) is 0 Å². The van der Waals surface area contributed by atoms with Crippen molar-refractivity contribution in [2.75, 3.05) is 0 Å². The molecule has 0 atom stereocenters. The van der Waals surface area contributed by atoms with E-state index in [1.54, 1.807) is 30.5 Å². The number of fused-ring (bicyclic) bond motifs is 1. The summed E-state index contributed by atoms with van der Waals surface area (Å²) in [5, 5.41) is 0.827. The number of aromatic nitrogens is 3. The zero-order valence-electron chi connectivity index (χ0n) is 17.7. The van der Waals surface area contributed by atoms with E-state index >= 15 is 0 Å². The fourth-order valence-electron chi connectivity index (χ4n) is 3.84. The van der Waals surface area contributed by atoms with Crippen LogP contribution in [0.5, 0.6) is 0 Å². The van der Waals surface area contributed by atoms with Crippen LogP contribution in [-0.4, -0.2) is 23.0 Å². The van der Waals surface area contributed by atoms with E-state index < -0.39 is 32.5 Å². The molecule has 0 radical (unpaired) electrons. The number of benzene rings is 3. The minimum atomic E-state index is -4.52. The first kappa shape index (κ1) is 23.2. The summed E-state index contributed by atoms with van der Waals surface area (Å²) < 4.78 is 80.7. The number of hydrogen-bond donors (Lipinski definition) is 0. The molecule has 5 rings (SSSR count). The molecule has 0 aliphatic heterocycles. The Morgan fingerprint density at radius 1 is 1.00 bits per heavy atom. The quantitative estimate of drug-likeness (QED) is 0.258. The summed E-state index contributed by atoms with van der Waals surface area (Å²) >= 11 is 0.671. The number of sulfone groups is 1. The number of rotatable bonds is 5. The predicted octanol–water partition coefficient (Wildman–Crippen LogP) is 6.28. The molecule has 0 saturated heterocycles. The van der Waals surface area contributed by atoms with E-state index in [0.29, 0.717) is 33.2 Å². The third-order valence-corrected chi connectivity index (χ3v) is 8.04. The minimum Gasteiger partial charge on any atom is -0.306 e. The van der Waals surface area contributed by atoms with Crippen molar-refractivity contribution in [3.8, 4) is 16.8 Å². The summed E-state index contributed by atoms with van der Waals surface area (Å²) in [4.78, 5) is 7.77. The van der Waals surface area contributed by atoms with Gasteiger partial charge in [-0.2, -0.15) is 17.6 Å². The van der Waals surface area contributed by atoms with E-state index in [-0.39, 0.29) is 15.6 Å². The molecule has 11 heteroatoms. The first-order valence-electron chi connectivity index (χ1n) is 10.2. The average molecular weight is 518 g/mol. The van der Waals surface area contributed by atoms with Crippen molar-refractivity contribution in [1.82, 2.24) is 14.5 Å². The molecule has 0 fully saturated rings. The number of nitrogens with zero attached hydrogens (tertiary/aromatic N) is 3. The topological polar surface area (TPSA) is 64.8 Å². The van der Waals surface area contributed by atoms with Crippen molar-refractivity contribution in [3.63, 3.8) is 0 Å². The molecule has 2 aromatic heterocycles. The minimum absolute atomic E-state index is 0.0417. The van der Waals surface area contributed by atoms with Crippen molar-refractivity contribution in [2.45, 2.75) is 16.8 Å². The molecule has 35 heavy (non-hydrogen) atoms. The number of alkyl halides is 3. The zero-order chi connectivity index (χ0) is 24.8. The molecule has 0 N–H and O–H groups in total. The first-order chi connectivity index (χ1) is 16.6. The SMILES string of the molecule is O=S(=O)(Cc1ncc(F)s1)c1ccc2c(-c3ccc(C(F)(F)F)cc3-n3ccnc3)cccc2c1. The van der Waals surface area contributed by atoms with Crippen LogP contribution in [0.3, 0.4) is 0 Å². The normalized spacial score (nSPS) is 12.3. The summed E-state index contributed by atoms with van der Waals surface area (Å²) in [6, 6.07) is 13.2. The standard InChI is InChI=1S/C24H15F4N3O2S2/c25-22-12-30-23(34-22)13-35(32,33)17-5-7-18-15(10-17)2-1-3-19(18)20-6-4-16(24(26,27)28)11-21(20)31-9-8-29-14-31/h1-12,14H,13H2. The van der Waals surface area contributed by atoms with Gasteiger partial charge in [0.05, 0.1) is 28.7 Å². The zero-order valence-corrected chi connectivity index (χ0v) is 19.3. The Kier molecular flexibility index (Phi) is 5.68. The van der Waals surface area contributed by atoms with Crippen LogP contribution in [0.15, 0.2) is 84.4 Å². The first-order valence-corrected chi connectivity index (χ1v) is 12.6. The highest BCUT2D eigenvalue weighted by Gasteiger charge is 2.31. The highest BCUT2D eigenvalue weighted by atomic mass is 32.2. The van der Waals surface area contributed by atoms with Crippen molar-refractivity contribution >= 4 is 31.9 Å². The van der Waals surface area contributed by atoms with E-state index in [0.717, 1.165) is 18.3 Å². The van der Waals surface area contributed by atoms with Crippen LogP contribution >= 0.6 is 11.3 Å². The van der Waals surface area contributed by atoms with Gasteiger partial charge in [0.15, 0.2) is 15.0 Å². The number of halogens is 4. The van der Waals surface area contributed by atoms with Gasteiger partial charge in [-0.15, -0.1) is 0 Å². The summed E-state index contributed by atoms with van der Waals surface area (Å²) in [5.41, 5.74) is 0.644. The molecule has 0 bridgehead atoms. The molecule has 3 aromatic carbocycles. The van der Waals surface area contributed by atoms with E-state index in [1.165, 1.54) is 35.3 Å². The van der Waals surface area contributed by atoms with Crippen LogP contribution in [0.25, 0.3) is 27.6 Å². The predicted molar refractivity (Wildman–Crippen MR) is 124 cm³/mol. The Hall–Kier alpha value is -3.57. The molecule has 0 saturated carbocycles. The Bertz CT molecular complexity index is 1640. The van der Waals surface area contributed by atoms with Crippen molar-refractivity contribution in [3.05, 3.63) is 95.2 Å². The second-order valence-electron chi connectivity index (χ2n) is 7.71. The lowest BCUT2D eigenvalue weighted by atomic mass is 9.95. The van der Waals surface area contributed by atoms with Crippen LogP contribution in [-0.2, 0) is 21.8 Å². The summed E-state index contributed by atoms with van der Waals surface area (Å²) in [7, 11) is -3.79. The van der Waals surface area contributed by atoms with Crippen molar-refractivity contribution in [2.24, 2.45) is 0 Å². The monoisotopic (exact) mass is 517 g/mol. The second-order valence-corrected chi connectivity index (χ2v) is 10.8. The van der Waals surface area contributed by atoms with Gasteiger partial charge in [-0.1, -0.05) is 41.7 Å². The average Bonchev–Trinajstić information content (AvgIpc) is 3.49. The van der Waals surface area contributed by atoms with Crippen molar-refractivity contribution in [1.29, 1.82) is 0 Å². The molecule has 0 amide bonds. The Morgan fingerprint density at radius 3 is 2.51 bits per heavy atom. The Balaban J connectivity index is 1.62. The van der Waals surface area contributed by atoms with Gasteiger partial charge in [-0.05, 0) is 40.6 Å². The number of imidazole rings is 1. The maximum absolute atomic E-state index is 13.4. The molecule has 178 valence electrons. The molecule has 5 aromatic rings. The molecule has 0 spiro atoms. The lowest BCUT2D eigenvalue weighted by Gasteiger charge is -2.16. The fourth-order valence-corrected chi connectivity index (χ4v) is 6.13. The van der Waals surface area contributed by atoms with Gasteiger partial charge in [0.25, 0.3) is 0 Å². The van der Waals surface area contributed by atoms with E-state index in [1.807, 2.05) is 0 Å². The smallest absolute Gasteiger partial charge is 0.306 e. The third-order valence-electron chi connectivity index (χ3n) is 5.45. The van der Waals surface area contributed by atoms with Crippen LogP contribution in [0.4, 0.5) is 17.6 Å². The van der Waals surface area contributed by atoms with Gasteiger partial charge in [0.2, 0.25) is 0 Å². The van der Waals surface area contributed by atoms with Gasteiger partial charge in [0, 0.05) is 18.0 Å². The molecular weight excluding hydrogens is 502 g/mol. The molecule has 0 aliphatic carbocycles. The lowest BCUT2D eigenvalue weighted by molar-refractivity contribution is -0.137. The molecule has 5 nitrogen and oxygen atoms in total. The summed E-state index contributed by atoms with van der Waals surface area (Å²) in [6.07, 6.45) is 0.894. The van der Waals surface area contributed by atoms with E-state index in [9.17, 15) is 26.0 Å². The molecule has 0 unspecified atom stereocenters. The maximum atomic E-state index is 13.4. The number of thiazole rings is 1. The van der Waals surface area contributed by atoms with Crippen molar-refractivity contribution < 1.29 is 26.0 Å². The van der Waals surface area contributed by atoms with Gasteiger partial charge in [-0.3, -0.25) is 0 Å². The third kappa shape index (κ3) is 4.56. The highest BCUT2D eigenvalue weighted by molar-refractivity contribution is 7.90. The van der Waals surface area contributed by atoms with Gasteiger partial charge < -0.3 is 4.57 Å². The summed E-state index contributed by atoms with van der Waals surface area (Å²) in [6.45, 7) is 0. The molecule has 0 aliphatic rings. The van der Waals surface area contributed by atoms with Crippen LogP contribution in [0.2, 0.25) is 0 Å². The van der Waals surface area contributed by atoms with Gasteiger partial charge in [-0.25, -0.2) is 18.4 Å². The molecular formula is C24H15F4N3O2S2. The Labute approximate surface area is 201 Å². The fraction of sp³-hybridized carbons (Fsp3) is 0.0833. The van der Waals surface area contributed by atoms with Crippen LogP contribution in [0.1, 0.15) is 10.6 Å². The van der Waals surface area contributed by atoms with Crippen LogP contribution in [0, 0.1) is 5.13 Å². The van der Waals surface area contributed by atoms with Gasteiger partial charge in [0.1, 0.15) is 10.8 Å². The van der Waals surface area contributed by atoms with E-state index in [2.05, 4.69) is 9.97 Å². The lowest BCUT2D eigenvalue weighted by Crippen LogP contribution is -2.07. The van der Waals surface area contributed by atoms with Gasteiger partial charge >= 0.3 is 6.18 Å². The Morgan fingerprint density at radius 2 is 1.83 bits per heavy atom. The number of hydrogen-bond acceptors (Lipinski definition) is 5. The largest absolute Gasteiger partial charge is 0.416 e. The maximum Gasteiger partial charge on any atom is 0.416 e. The second kappa shape index (κ2) is 8.58.